The molecule has 2 N–H and O–H groups in total. The third-order valence-corrected chi connectivity index (χ3v) is 5.22. The van der Waals surface area contributed by atoms with Crippen LogP contribution in [0.3, 0.4) is 0 Å². The Hall–Kier alpha value is -0.620. The first-order valence-electron chi connectivity index (χ1n) is 6.03. The molecule has 0 amide bonds. The Morgan fingerprint density at radius 3 is 2.47 bits per heavy atom. The van der Waals surface area contributed by atoms with Gasteiger partial charge >= 0.3 is 0 Å². The average molecular weight is 305 g/mol. The normalized spacial score (nSPS) is 13.0. The van der Waals surface area contributed by atoms with Gasteiger partial charge in [0, 0.05) is 18.6 Å². The van der Waals surface area contributed by atoms with E-state index in [1.807, 2.05) is 13.8 Å². The Morgan fingerprint density at radius 1 is 1.37 bits per heavy atom. The van der Waals surface area contributed by atoms with Crippen molar-refractivity contribution in [2.45, 2.75) is 25.7 Å². The van der Waals surface area contributed by atoms with Crippen LogP contribution in [0.25, 0.3) is 0 Å². The van der Waals surface area contributed by atoms with Crippen molar-refractivity contribution in [3.8, 4) is 0 Å². The van der Waals surface area contributed by atoms with E-state index in [4.69, 9.17) is 17.3 Å². The third-order valence-electron chi connectivity index (χ3n) is 3.04. The van der Waals surface area contributed by atoms with E-state index in [1.54, 1.807) is 26.1 Å². The SMILES string of the molecule is Cc1ccc(Cl)cc1S(=O)(=O)N(C)CC(C)(C)CN. The third kappa shape index (κ3) is 3.92. The summed E-state index contributed by atoms with van der Waals surface area (Å²) in [4.78, 5) is 0.246. The lowest BCUT2D eigenvalue weighted by Crippen LogP contribution is -2.39. The molecule has 0 aliphatic carbocycles. The molecule has 0 radical (unpaired) electrons. The Kier molecular flexibility index (Phi) is 5.01. The minimum Gasteiger partial charge on any atom is -0.330 e. The second-order valence-electron chi connectivity index (χ2n) is 5.54. The lowest BCUT2D eigenvalue weighted by Gasteiger charge is -2.28. The van der Waals surface area contributed by atoms with E-state index in [1.165, 1.54) is 10.4 Å². The number of nitrogens with two attached hydrogens (primary N) is 1. The number of halogens is 1. The first-order valence-corrected chi connectivity index (χ1v) is 7.84. The summed E-state index contributed by atoms with van der Waals surface area (Å²) in [5, 5.41) is 0.413. The Bertz CT molecular complexity index is 556. The summed E-state index contributed by atoms with van der Waals surface area (Å²) >= 11 is 5.88. The molecule has 19 heavy (non-hydrogen) atoms. The van der Waals surface area contributed by atoms with E-state index in [0.29, 0.717) is 23.7 Å². The molecule has 0 unspecified atom stereocenters. The monoisotopic (exact) mass is 304 g/mol. The number of benzene rings is 1. The molecule has 0 aliphatic rings. The maximum atomic E-state index is 12.5. The number of sulfonamides is 1. The molecule has 0 fully saturated rings. The summed E-state index contributed by atoms with van der Waals surface area (Å²) in [7, 11) is -1.98. The molecule has 0 saturated carbocycles. The summed E-state index contributed by atoms with van der Waals surface area (Å²) in [5.74, 6) is 0. The zero-order valence-electron chi connectivity index (χ0n) is 11.8. The number of nitrogens with zero attached hydrogens (tertiary/aromatic N) is 1. The zero-order chi connectivity index (χ0) is 14.8. The van der Waals surface area contributed by atoms with E-state index in [-0.39, 0.29) is 10.3 Å². The maximum Gasteiger partial charge on any atom is 0.243 e. The summed E-state index contributed by atoms with van der Waals surface area (Å²) < 4.78 is 26.4. The number of aryl methyl sites for hydroxylation is 1. The van der Waals surface area contributed by atoms with Gasteiger partial charge in [0.05, 0.1) is 4.90 Å². The average Bonchev–Trinajstić information content (AvgIpc) is 2.31. The number of rotatable bonds is 5. The Balaban J connectivity index is 3.14. The van der Waals surface area contributed by atoms with Crippen molar-refractivity contribution in [2.24, 2.45) is 11.1 Å². The molecule has 0 saturated heterocycles. The highest BCUT2D eigenvalue weighted by molar-refractivity contribution is 7.89. The first-order chi connectivity index (χ1) is 8.60. The van der Waals surface area contributed by atoms with Crippen LogP contribution in [0.2, 0.25) is 5.02 Å². The van der Waals surface area contributed by atoms with Crippen molar-refractivity contribution in [1.82, 2.24) is 4.31 Å². The van der Waals surface area contributed by atoms with E-state index in [2.05, 4.69) is 0 Å². The highest BCUT2D eigenvalue weighted by Crippen LogP contribution is 2.25. The predicted molar refractivity (Wildman–Crippen MR) is 78.8 cm³/mol. The van der Waals surface area contributed by atoms with Gasteiger partial charge in [-0.15, -0.1) is 0 Å². The van der Waals surface area contributed by atoms with E-state index < -0.39 is 10.0 Å². The fourth-order valence-corrected chi connectivity index (χ4v) is 3.61. The van der Waals surface area contributed by atoms with Crippen molar-refractivity contribution in [1.29, 1.82) is 0 Å². The minimum absolute atomic E-state index is 0.246. The van der Waals surface area contributed by atoms with Gasteiger partial charge in [0.1, 0.15) is 0 Å². The van der Waals surface area contributed by atoms with Gasteiger partial charge in [0.2, 0.25) is 10.0 Å². The van der Waals surface area contributed by atoms with Crippen molar-refractivity contribution < 1.29 is 8.42 Å². The lowest BCUT2D eigenvalue weighted by molar-refractivity contribution is 0.292. The maximum absolute atomic E-state index is 12.5. The molecule has 0 aliphatic heterocycles. The minimum atomic E-state index is -3.54. The predicted octanol–water partition coefficient (Wildman–Crippen LogP) is 2.25. The number of hydrogen-bond acceptors (Lipinski definition) is 3. The van der Waals surface area contributed by atoms with Crippen LogP contribution in [0.5, 0.6) is 0 Å². The molecule has 0 spiro atoms. The van der Waals surface area contributed by atoms with Crippen LogP contribution in [0.15, 0.2) is 23.1 Å². The summed E-state index contributed by atoms with van der Waals surface area (Å²) in [6.45, 7) is 6.40. The molecule has 1 aromatic rings. The van der Waals surface area contributed by atoms with Gasteiger partial charge in [-0.2, -0.15) is 0 Å². The van der Waals surface area contributed by atoms with Crippen LogP contribution in [0.4, 0.5) is 0 Å². The fourth-order valence-electron chi connectivity index (χ4n) is 1.77. The largest absolute Gasteiger partial charge is 0.330 e. The van der Waals surface area contributed by atoms with Gasteiger partial charge in [-0.1, -0.05) is 31.5 Å². The molecule has 108 valence electrons. The summed E-state index contributed by atoms with van der Waals surface area (Å²) in [6, 6.07) is 4.87. The van der Waals surface area contributed by atoms with Crippen LogP contribution in [0.1, 0.15) is 19.4 Å². The van der Waals surface area contributed by atoms with Gasteiger partial charge in [0.25, 0.3) is 0 Å². The van der Waals surface area contributed by atoms with Crippen molar-refractivity contribution >= 4 is 21.6 Å². The van der Waals surface area contributed by atoms with Gasteiger partial charge in [0.15, 0.2) is 0 Å². The van der Waals surface area contributed by atoms with E-state index >= 15 is 0 Å². The standard InChI is InChI=1S/C13H21ClN2O2S/c1-10-5-6-11(14)7-12(10)19(17,18)16(4)9-13(2,3)8-15/h5-7H,8-9,15H2,1-4H3. The molecular formula is C13H21ClN2O2S. The summed E-state index contributed by atoms with van der Waals surface area (Å²) in [5.41, 5.74) is 6.06. The van der Waals surface area contributed by atoms with Crippen molar-refractivity contribution in [3.63, 3.8) is 0 Å². The second-order valence-corrected chi connectivity index (χ2v) is 7.99. The van der Waals surface area contributed by atoms with Crippen LogP contribution >= 0.6 is 11.6 Å². The zero-order valence-corrected chi connectivity index (χ0v) is 13.3. The van der Waals surface area contributed by atoms with Gasteiger partial charge < -0.3 is 5.73 Å². The molecular weight excluding hydrogens is 284 g/mol. The molecule has 0 aromatic heterocycles. The van der Waals surface area contributed by atoms with E-state index in [9.17, 15) is 8.42 Å². The van der Waals surface area contributed by atoms with Crippen molar-refractivity contribution in [2.75, 3.05) is 20.1 Å². The molecule has 1 rings (SSSR count). The van der Waals surface area contributed by atoms with Crippen LogP contribution < -0.4 is 5.73 Å². The smallest absolute Gasteiger partial charge is 0.243 e. The Labute approximate surface area is 120 Å². The topological polar surface area (TPSA) is 63.4 Å². The van der Waals surface area contributed by atoms with Crippen molar-refractivity contribution in [3.05, 3.63) is 28.8 Å². The van der Waals surface area contributed by atoms with E-state index in [0.717, 1.165) is 0 Å². The van der Waals surface area contributed by atoms with Gasteiger partial charge in [-0.05, 0) is 36.6 Å². The van der Waals surface area contributed by atoms with Crippen LogP contribution in [-0.4, -0.2) is 32.9 Å². The number of hydrogen-bond donors (Lipinski definition) is 1. The fraction of sp³-hybridized carbons (Fsp3) is 0.538. The molecule has 1 aromatic carbocycles. The second kappa shape index (κ2) is 5.79. The molecule has 0 bridgehead atoms. The van der Waals surface area contributed by atoms with Gasteiger partial charge in [-0.25, -0.2) is 12.7 Å². The van der Waals surface area contributed by atoms with Crippen LogP contribution in [-0.2, 0) is 10.0 Å². The van der Waals surface area contributed by atoms with Gasteiger partial charge in [-0.3, -0.25) is 0 Å². The highest BCUT2D eigenvalue weighted by atomic mass is 35.5. The Morgan fingerprint density at radius 2 is 1.95 bits per heavy atom. The highest BCUT2D eigenvalue weighted by Gasteiger charge is 2.28. The molecule has 0 atom stereocenters. The van der Waals surface area contributed by atoms with Crippen LogP contribution in [0, 0.1) is 12.3 Å². The first kappa shape index (κ1) is 16.4. The molecule has 0 heterocycles. The quantitative estimate of drug-likeness (QED) is 0.907. The molecule has 4 nitrogen and oxygen atoms in total. The lowest BCUT2D eigenvalue weighted by atomic mass is 9.94. The molecule has 6 heteroatoms. The summed E-state index contributed by atoms with van der Waals surface area (Å²) in [6.07, 6.45) is 0.